The van der Waals surface area contributed by atoms with Gasteiger partial charge in [0.15, 0.2) is 0 Å². The summed E-state index contributed by atoms with van der Waals surface area (Å²) in [6.45, 7) is 1.72. The molecule has 0 amide bonds. The molecule has 0 saturated heterocycles. The molecular formula is C18H17N5O2S. The molecule has 1 aromatic heterocycles. The smallest absolute Gasteiger partial charge is 0.280 e. The first kappa shape index (κ1) is 17.6. The first-order valence-corrected chi connectivity index (χ1v) is 8.22. The van der Waals surface area contributed by atoms with Gasteiger partial charge in [-0.3, -0.25) is 15.6 Å². The number of aromatic nitrogens is 2. The average molecular weight is 367 g/mol. The summed E-state index contributed by atoms with van der Waals surface area (Å²) < 4.78 is 6.54. The van der Waals surface area contributed by atoms with E-state index in [2.05, 4.69) is 20.9 Å². The van der Waals surface area contributed by atoms with Gasteiger partial charge < -0.3 is 4.74 Å². The van der Waals surface area contributed by atoms with Crippen molar-refractivity contribution < 1.29 is 4.74 Å². The van der Waals surface area contributed by atoms with Gasteiger partial charge >= 0.3 is 0 Å². The fraction of sp³-hybridized carbons (Fsp3) is 0.111. The molecule has 0 radical (unpaired) electrons. The van der Waals surface area contributed by atoms with Gasteiger partial charge in [0, 0.05) is 5.56 Å². The molecule has 2 N–H and O–H groups in total. The van der Waals surface area contributed by atoms with E-state index in [1.54, 1.807) is 38.4 Å². The Morgan fingerprint density at radius 1 is 1.23 bits per heavy atom. The van der Waals surface area contributed by atoms with Gasteiger partial charge in [-0.05, 0) is 43.4 Å². The Balaban J connectivity index is 1.75. The van der Waals surface area contributed by atoms with Gasteiger partial charge in [0.05, 0.1) is 24.2 Å². The van der Waals surface area contributed by atoms with Gasteiger partial charge in [0.25, 0.3) is 5.56 Å². The molecule has 0 bridgehead atoms. The first-order valence-electron chi connectivity index (χ1n) is 7.81. The minimum atomic E-state index is -0.231. The Labute approximate surface area is 155 Å². The number of hydrogen-bond donors (Lipinski definition) is 2. The molecule has 0 fully saturated rings. The summed E-state index contributed by atoms with van der Waals surface area (Å²) in [5.41, 5.74) is 6.69. The molecule has 0 saturated carbocycles. The highest BCUT2D eigenvalue weighted by molar-refractivity contribution is 7.80. The topological polar surface area (TPSA) is 80.5 Å². The number of ether oxygens (including phenoxy) is 1. The van der Waals surface area contributed by atoms with Gasteiger partial charge in [-0.25, -0.2) is 9.66 Å². The fourth-order valence-corrected chi connectivity index (χ4v) is 2.58. The molecule has 26 heavy (non-hydrogen) atoms. The van der Waals surface area contributed by atoms with Crippen LogP contribution in [-0.4, -0.2) is 28.1 Å². The Kier molecular flexibility index (Phi) is 5.23. The van der Waals surface area contributed by atoms with Crippen molar-refractivity contribution in [1.29, 1.82) is 0 Å². The third-order valence-electron chi connectivity index (χ3n) is 3.67. The van der Waals surface area contributed by atoms with Crippen molar-refractivity contribution in [3.05, 3.63) is 70.3 Å². The highest BCUT2D eigenvalue weighted by Crippen LogP contribution is 2.14. The van der Waals surface area contributed by atoms with Crippen molar-refractivity contribution in [2.75, 3.05) is 12.5 Å². The number of benzene rings is 2. The van der Waals surface area contributed by atoms with Gasteiger partial charge in [0.1, 0.15) is 11.6 Å². The predicted molar refractivity (Wildman–Crippen MR) is 106 cm³/mol. The lowest BCUT2D eigenvalue weighted by Gasteiger charge is -2.13. The summed E-state index contributed by atoms with van der Waals surface area (Å²) in [7, 11) is 1.59. The molecule has 0 aliphatic heterocycles. The van der Waals surface area contributed by atoms with Crippen molar-refractivity contribution in [2.24, 2.45) is 5.10 Å². The van der Waals surface area contributed by atoms with Crippen LogP contribution in [0.15, 0.2) is 58.4 Å². The fourth-order valence-electron chi connectivity index (χ4n) is 2.44. The molecule has 0 aliphatic rings. The van der Waals surface area contributed by atoms with E-state index in [4.69, 9.17) is 17.0 Å². The third kappa shape index (κ3) is 3.70. The van der Waals surface area contributed by atoms with Crippen LogP contribution in [0.25, 0.3) is 10.9 Å². The minimum Gasteiger partial charge on any atom is -0.496 e. The molecule has 0 aliphatic carbocycles. The van der Waals surface area contributed by atoms with Crippen LogP contribution >= 0.6 is 12.2 Å². The van der Waals surface area contributed by atoms with Crippen LogP contribution in [0.3, 0.4) is 0 Å². The summed E-state index contributed by atoms with van der Waals surface area (Å²) in [6, 6.07) is 14.6. The van der Waals surface area contributed by atoms with E-state index in [9.17, 15) is 4.79 Å². The maximum atomic E-state index is 12.6. The second-order valence-electron chi connectivity index (χ2n) is 5.37. The number of nitrogens with one attached hydrogen (secondary N) is 2. The molecule has 7 nitrogen and oxygen atoms in total. The predicted octanol–water partition coefficient (Wildman–Crippen LogP) is 2.17. The molecule has 0 unspecified atom stereocenters. The van der Waals surface area contributed by atoms with Crippen molar-refractivity contribution >= 4 is 34.4 Å². The molecular weight excluding hydrogens is 350 g/mol. The summed E-state index contributed by atoms with van der Waals surface area (Å²) in [4.78, 5) is 17.0. The molecule has 3 rings (SSSR count). The van der Waals surface area contributed by atoms with E-state index >= 15 is 0 Å². The number of hydrazone groups is 1. The number of aryl methyl sites for hydroxylation is 1. The largest absolute Gasteiger partial charge is 0.496 e. The molecule has 8 heteroatoms. The van der Waals surface area contributed by atoms with Gasteiger partial charge in [-0.2, -0.15) is 5.10 Å². The Morgan fingerprint density at radius 3 is 2.77 bits per heavy atom. The number of methoxy groups -OCH3 is 1. The maximum Gasteiger partial charge on any atom is 0.280 e. The summed E-state index contributed by atoms with van der Waals surface area (Å²) in [6.07, 6.45) is 1.58. The van der Waals surface area contributed by atoms with E-state index in [1.807, 2.05) is 30.3 Å². The first-order chi connectivity index (χ1) is 12.6. The van der Waals surface area contributed by atoms with E-state index in [1.165, 1.54) is 4.68 Å². The normalized spacial score (nSPS) is 10.8. The number of rotatable bonds is 4. The lowest BCUT2D eigenvalue weighted by Crippen LogP contribution is -2.39. The van der Waals surface area contributed by atoms with Crippen molar-refractivity contribution in [3.63, 3.8) is 0 Å². The van der Waals surface area contributed by atoms with Crippen molar-refractivity contribution in [3.8, 4) is 5.75 Å². The number of fused-ring (bicyclic) bond motifs is 1. The summed E-state index contributed by atoms with van der Waals surface area (Å²) in [5, 5.41) is 4.74. The Hall–Kier alpha value is -3.26. The zero-order valence-electron chi connectivity index (χ0n) is 14.3. The van der Waals surface area contributed by atoms with Crippen LogP contribution in [0, 0.1) is 6.92 Å². The van der Waals surface area contributed by atoms with Crippen molar-refractivity contribution in [1.82, 2.24) is 15.1 Å². The molecule has 2 aromatic carbocycles. The SMILES string of the molecule is COc1ccccc1/C=N/NC(=S)Nn1c(C)nc2ccccc2c1=O. The van der Waals surface area contributed by atoms with E-state index in [-0.39, 0.29) is 10.7 Å². The number of thiocarbonyl (C=S) groups is 1. The number of hydrogen-bond acceptors (Lipinski definition) is 5. The lowest BCUT2D eigenvalue weighted by atomic mass is 10.2. The highest BCUT2D eigenvalue weighted by Gasteiger charge is 2.08. The van der Waals surface area contributed by atoms with Gasteiger partial charge in [-0.1, -0.05) is 24.3 Å². The Morgan fingerprint density at radius 2 is 1.96 bits per heavy atom. The second-order valence-corrected chi connectivity index (χ2v) is 5.78. The average Bonchev–Trinajstić information content (AvgIpc) is 2.65. The van der Waals surface area contributed by atoms with Crippen LogP contribution in [-0.2, 0) is 0 Å². The zero-order valence-corrected chi connectivity index (χ0v) is 15.1. The van der Waals surface area contributed by atoms with Crippen LogP contribution in [0.1, 0.15) is 11.4 Å². The van der Waals surface area contributed by atoms with Gasteiger partial charge in [0.2, 0.25) is 5.11 Å². The lowest BCUT2D eigenvalue weighted by molar-refractivity contribution is 0.414. The zero-order chi connectivity index (χ0) is 18.5. The molecule has 0 atom stereocenters. The third-order valence-corrected chi connectivity index (χ3v) is 3.85. The minimum absolute atomic E-state index is 0.165. The van der Waals surface area contributed by atoms with Crippen LogP contribution in [0.4, 0.5) is 0 Å². The summed E-state index contributed by atoms with van der Waals surface area (Å²) in [5.74, 6) is 1.19. The number of para-hydroxylation sites is 2. The maximum absolute atomic E-state index is 12.6. The molecule has 132 valence electrons. The summed E-state index contributed by atoms with van der Waals surface area (Å²) >= 11 is 5.20. The number of nitrogens with zero attached hydrogens (tertiary/aromatic N) is 3. The van der Waals surface area contributed by atoms with E-state index in [0.717, 1.165) is 5.56 Å². The quantitative estimate of drug-likeness (QED) is 0.418. The highest BCUT2D eigenvalue weighted by atomic mass is 32.1. The van der Waals surface area contributed by atoms with Crippen molar-refractivity contribution in [2.45, 2.75) is 6.92 Å². The Bertz CT molecular complexity index is 1050. The van der Waals surface area contributed by atoms with Crippen LogP contribution < -0.4 is 21.1 Å². The van der Waals surface area contributed by atoms with E-state index in [0.29, 0.717) is 22.5 Å². The monoisotopic (exact) mass is 367 g/mol. The van der Waals surface area contributed by atoms with Gasteiger partial charge in [-0.15, -0.1) is 0 Å². The van der Waals surface area contributed by atoms with E-state index < -0.39 is 0 Å². The van der Waals surface area contributed by atoms with Crippen LogP contribution in [0.5, 0.6) is 5.75 Å². The molecule has 3 aromatic rings. The standard InChI is InChI=1S/C18H17N5O2S/c1-12-20-15-9-5-4-8-14(15)17(24)23(12)22-18(26)21-19-11-13-7-3-6-10-16(13)25-2/h3-11H,1-2H3,(H2,21,22,26)/b19-11+. The molecule has 1 heterocycles. The molecule has 0 spiro atoms. The second kappa shape index (κ2) is 7.75. The van der Waals surface area contributed by atoms with Crippen LogP contribution in [0.2, 0.25) is 0 Å².